The Morgan fingerprint density at radius 1 is 1.14 bits per heavy atom. The van der Waals surface area contributed by atoms with E-state index in [0.29, 0.717) is 12.4 Å². The third-order valence-electron chi connectivity index (χ3n) is 3.43. The van der Waals surface area contributed by atoms with Gasteiger partial charge >= 0.3 is 5.97 Å². The zero-order valence-corrected chi connectivity index (χ0v) is 12.7. The summed E-state index contributed by atoms with van der Waals surface area (Å²) in [5.41, 5.74) is 1.45. The van der Waals surface area contributed by atoms with Gasteiger partial charge in [0, 0.05) is 18.8 Å². The van der Waals surface area contributed by atoms with E-state index < -0.39 is 5.97 Å². The zero-order chi connectivity index (χ0) is 15.8. The van der Waals surface area contributed by atoms with E-state index in [-0.39, 0.29) is 5.56 Å². The van der Waals surface area contributed by atoms with Gasteiger partial charge in [0.05, 0.1) is 12.2 Å². The molecule has 4 nitrogen and oxygen atoms in total. The molecule has 0 radical (unpaired) electrons. The minimum Gasteiger partial charge on any atom is -0.494 e. The Balaban J connectivity index is 1.81. The highest BCUT2D eigenvalue weighted by Crippen LogP contribution is 2.15. The van der Waals surface area contributed by atoms with Gasteiger partial charge in [-0.1, -0.05) is 24.3 Å². The SMILES string of the molecule is CCN(CCCOc1cccc(C(=O)O)c1)c1ccccc1. The number of hydrogen-bond donors (Lipinski definition) is 1. The van der Waals surface area contributed by atoms with E-state index in [1.54, 1.807) is 24.3 Å². The first-order chi connectivity index (χ1) is 10.7. The molecule has 0 aliphatic rings. The van der Waals surface area contributed by atoms with Crippen molar-refractivity contribution in [3.8, 4) is 5.75 Å². The van der Waals surface area contributed by atoms with E-state index in [1.165, 1.54) is 5.69 Å². The number of aromatic carboxylic acids is 1. The number of rotatable bonds is 8. The lowest BCUT2D eigenvalue weighted by Gasteiger charge is -2.23. The Morgan fingerprint density at radius 2 is 1.91 bits per heavy atom. The minimum absolute atomic E-state index is 0.247. The van der Waals surface area contributed by atoms with Crippen LogP contribution >= 0.6 is 0 Å². The molecular formula is C18H21NO3. The molecule has 0 aromatic heterocycles. The normalized spacial score (nSPS) is 10.2. The topological polar surface area (TPSA) is 49.8 Å². The van der Waals surface area contributed by atoms with Crippen molar-refractivity contribution in [3.63, 3.8) is 0 Å². The van der Waals surface area contributed by atoms with Crippen molar-refractivity contribution in [1.29, 1.82) is 0 Å². The zero-order valence-electron chi connectivity index (χ0n) is 12.7. The molecule has 0 saturated carbocycles. The molecule has 0 heterocycles. The third-order valence-corrected chi connectivity index (χ3v) is 3.43. The van der Waals surface area contributed by atoms with Crippen molar-refractivity contribution >= 4 is 11.7 Å². The molecule has 22 heavy (non-hydrogen) atoms. The van der Waals surface area contributed by atoms with Crippen molar-refractivity contribution in [1.82, 2.24) is 0 Å². The van der Waals surface area contributed by atoms with Crippen molar-refractivity contribution in [3.05, 3.63) is 60.2 Å². The highest BCUT2D eigenvalue weighted by Gasteiger charge is 2.05. The van der Waals surface area contributed by atoms with Gasteiger partial charge in [-0.25, -0.2) is 4.79 Å². The fourth-order valence-corrected chi connectivity index (χ4v) is 2.27. The van der Waals surface area contributed by atoms with Crippen LogP contribution in [-0.4, -0.2) is 30.8 Å². The summed E-state index contributed by atoms with van der Waals surface area (Å²) in [6.45, 7) is 4.54. The molecule has 4 heteroatoms. The first-order valence-electron chi connectivity index (χ1n) is 7.47. The highest BCUT2D eigenvalue weighted by molar-refractivity contribution is 5.87. The maximum Gasteiger partial charge on any atom is 0.335 e. The molecule has 1 N–H and O–H groups in total. The molecule has 2 rings (SSSR count). The Kier molecular flexibility index (Phi) is 5.83. The lowest BCUT2D eigenvalue weighted by molar-refractivity contribution is 0.0696. The number of para-hydroxylation sites is 1. The number of benzene rings is 2. The summed E-state index contributed by atoms with van der Waals surface area (Å²) in [5, 5.41) is 8.95. The lowest BCUT2D eigenvalue weighted by atomic mass is 10.2. The average molecular weight is 299 g/mol. The number of carboxylic acid groups (broad SMARTS) is 1. The van der Waals surface area contributed by atoms with Gasteiger partial charge in [0.15, 0.2) is 0 Å². The summed E-state index contributed by atoms with van der Waals surface area (Å²) in [6.07, 6.45) is 0.875. The Hall–Kier alpha value is -2.49. The molecule has 0 saturated heterocycles. The predicted molar refractivity (Wildman–Crippen MR) is 87.8 cm³/mol. The second-order valence-corrected chi connectivity index (χ2v) is 4.95. The van der Waals surface area contributed by atoms with Crippen molar-refractivity contribution in [2.24, 2.45) is 0 Å². The fraction of sp³-hybridized carbons (Fsp3) is 0.278. The maximum absolute atomic E-state index is 10.9. The molecule has 116 valence electrons. The van der Waals surface area contributed by atoms with Crippen LogP contribution in [0.25, 0.3) is 0 Å². The van der Waals surface area contributed by atoms with E-state index >= 15 is 0 Å². The van der Waals surface area contributed by atoms with Gasteiger partial charge in [-0.3, -0.25) is 0 Å². The van der Waals surface area contributed by atoms with Gasteiger partial charge in [-0.15, -0.1) is 0 Å². The van der Waals surface area contributed by atoms with Crippen LogP contribution in [0.5, 0.6) is 5.75 Å². The summed E-state index contributed by atoms with van der Waals surface area (Å²) in [7, 11) is 0. The predicted octanol–water partition coefficient (Wildman–Crippen LogP) is 3.68. The van der Waals surface area contributed by atoms with Gasteiger partial charge in [0.2, 0.25) is 0 Å². The summed E-state index contributed by atoms with van der Waals surface area (Å²) in [4.78, 5) is 13.2. The number of ether oxygens (including phenoxy) is 1. The molecule has 2 aromatic carbocycles. The molecule has 0 spiro atoms. The number of carbonyl (C=O) groups is 1. The van der Waals surface area contributed by atoms with Gasteiger partial charge < -0.3 is 14.7 Å². The van der Waals surface area contributed by atoms with E-state index in [0.717, 1.165) is 19.5 Å². The quantitative estimate of drug-likeness (QED) is 0.755. The van der Waals surface area contributed by atoms with Crippen LogP contribution in [0.2, 0.25) is 0 Å². The highest BCUT2D eigenvalue weighted by atomic mass is 16.5. The second-order valence-electron chi connectivity index (χ2n) is 4.95. The van der Waals surface area contributed by atoms with Gasteiger partial charge in [0.25, 0.3) is 0 Å². The fourth-order valence-electron chi connectivity index (χ4n) is 2.27. The van der Waals surface area contributed by atoms with Gasteiger partial charge in [0.1, 0.15) is 5.75 Å². The minimum atomic E-state index is -0.938. The molecule has 0 unspecified atom stereocenters. The Labute approximate surface area is 131 Å². The summed E-state index contributed by atoms with van der Waals surface area (Å²) in [6, 6.07) is 16.9. The summed E-state index contributed by atoms with van der Waals surface area (Å²) >= 11 is 0. The summed E-state index contributed by atoms with van der Waals surface area (Å²) in [5.74, 6) is -0.339. The maximum atomic E-state index is 10.9. The van der Waals surface area contributed by atoms with Crippen molar-refractivity contribution in [2.45, 2.75) is 13.3 Å². The summed E-state index contributed by atoms with van der Waals surface area (Å²) < 4.78 is 5.64. The van der Waals surface area contributed by atoms with Crippen LogP contribution in [0.4, 0.5) is 5.69 Å². The van der Waals surface area contributed by atoms with Crippen LogP contribution in [0.1, 0.15) is 23.7 Å². The van der Waals surface area contributed by atoms with Crippen LogP contribution in [0.15, 0.2) is 54.6 Å². The smallest absolute Gasteiger partial charge is 0.335 e. The molecule has 0 atom stereocenters. The Morgan fingerprint density at radius 3 is 2.59 bits per heavy atom. The molecular weight excluding hydrogens is 278 g/mol. The Bertz CT molecular complexity index is 598. The van der Waals surface area contributed by atoms with E-state index in [9.17, 15) is 4.79 Å². The van der Waals surface area contributed by atoms with Gasteiger partial charge in [-0.05, 0) is 43.7 Å². The van der Waals surface area contributed by atoms with E-state index in [4.69, 9.17) is 9.84 Å². The number of anilines is 1. The first kappa shape index (κ1) is 15.9. The first-order valence-corrected chi connectivity index (χ1v) is 7.47. The van der Waals surface area contributed by atoms with Crippen molar-refractivity contribution in [2.75, 3.05) is 24.6 Å². The lowest BCUT2D eigenvalue weighted by Crippen LogP contribution is -2.25. The monoisotopic (exact) mass is 299 g/mol. The van der Waals surface area contributed by atoms with Crippen LogP contribution in [0, 0.1) is 0 Å². The second kappa shape index (κ2) is 8.08. The number of carboxylic acids is 1. The average Bonchev–Trinajstić information content (AvgIpc) is 2.56. The molecule has 0 fully saturated rings. The molecule has 2 aromatic rings. The number of nitrogens with zero attached hydrogens (tertiary/aromatic N) is 1. The van der Waals surface area contributed by atoms with E-state index in [2.05, 4.69) is 24.0 Å². The molecule has 0 aliphatic heterocycles. The standard InChI is InChI=1S/C18H21NO3/c1-2-19(16-9-4-3-5-10-16)12-7-13-22-17-11-6-8-15(14-17)18(20)21/h3-6,8-11,14H,2,7,12-13H2,1H3,(H,20,21). The van der Waals surface area contributed by atoms with Gasteiger partial charge in [-0.2, -0.15) is 0 Å². The molecule has 0 aliphatic carbocycles. The van der Waals surface area contributed by atoms with Crippen molar-refractivity contribution < 1.29 is 14.6 Å². The molecule has 0 amide bonds. The van der Waals surface area contributed by atoms with Crippen LogP contribution in [0.3, 0.4) is 0 Å². The number of hydrogen-bond acceptors (Lipinski definition) is 3. The van der Waals surface area contributed by atoms with E-state index in [1.807, 2.05) is 18.2 Å². The van der Waals surface area contributed by atoms with Crippen LogP contribution in [-0.2, 0) is 0 Å². The van der Waals surface area contributed by atoms with Crippen LogP contribution < -0.4 is 9.64 Å². The molecule has 0 bridgehead atoms. The largest absolute Gasteiger partial charge is 0.494 e. The third kappa shape index (κ3) is 4.52.